The summed E-state index contributed by atoms with van der Waals surface area (Å²) in [6.45, 7) is 0. The molecule has 7 heteroatoms. The van der Waals surface area contributed by atoms with E-state index < -0.39 is 20.0 Å². The second kappa shape index (κ2) is 5.12. The lowest BCUT2D eigenvalue weighted by Gasteiger charge is -2.03. The number of rotatable bonds is 3. The van der Waals surface area contributed by atoms with Gasteiger partial charge in [0, 0.05) is 0 Å². The third-order valence-corrected chi connectivity index (χ3v) is 5.64. The van der Waals surface area contributed by atoms with E-state index in [4.69, 9.17) is 0 Å². The van der Waals surface area contributed by atoms with Crippen LogP contribution in [0.1, 0.15) is 0 Å². The van der Waals surface area contributed by atoms with Crippen LogP contribution < -0.4 is 0 Å². The summed E-state index contributed by atoms with van der Waals surface area (Å²) in [6.07, 6.45) is 0. The van der Waals surface area contributed by atoms with E-state index in [1.165, 1.54) is 48.5 Å². The Kier molecular flexibility index (Phi) is 3.70. The van der Waals surface area contributed by atoms with Gasteiger partial charge in [-0.2, -0.15) is 8.42 Å². The predicted molar refractivity (Wildman–Crippen MR) is 71.5 cm³/mol. The second-order valence-corrected chi connectivity index (χ2v) is 7.15. The number of benzene rings is 2. The number of hydrogen-bond acceptors (Lipinski definition) is 3. The van der Waals surface area contributed by atoms with Crippen LogP contribution in [0.2, 0.25) is 0 Å². The van der Waals surface area contributed by atoms with Crippen LogP contribution in [0.4, 0.5) is 0 Å². The van der Waals surface area contributed by atoms with E-state index in [2.05, 4.69) is 3.77 Å². The van der Waals surface area contributed by atoms with Gasteiger partial charge in [0.05, 0.1) is 9.79 Å². The van der Waals surface area contributed by atoms with Gasteiger partial charge in [-0.3, -0.25) is 4.55 Å². The van der Waals surface area contributed by atoms with Crippen molar-refractivity contribution in [2.45, 2.75) is 9.79 Å². The van der Waals surface area contributed by atoms with Gasteiger partial charge in [-0.1, -0.05) is 40.2 Å². The molecule has 0 radical (unpaired) electrons. The van der Waals surface area contributed by atoms with Crippen LogP contribution in [0.5, 0.6) is 0 Å². The van der Waals surface area contributed by atoms with E-state index in [1.54, 1.807) is 12.1 Å². The van der Waals surface area contributed by atoms with Crippen LogP contribution in [0.15, 0.2) is 74.2 Å². The number of sulfonamides is 1. The van der Waals surface area contributed by atoms with E-state index >= 15 is 0 Å². The van der Waals surface area contributed by atoms with Crippen molar-refractivity contribution in [2.75, 3.05) is 0 Å². The molecule has 0 spiro atoms. The maximum Gasteiger partial charge on any atom is 0.292 e. The SMILES string of the molecule is O=S(=O)(N=S(=O)(O)c1ccccc1)c1ccccc1. The summed E-state index contributed by atoms with van der Waals surface area (Å²) in [4.78, 5) is -0.165. The van der Waals surface area contributed by atoms with Crippen molar-refractivity contribution >= 4 is 20.0 Å². The molecule has 19 heavy (non-hydrogen) atoms. The predicted octanol–water partition coefficient (Wildman–Crippen LogP) is 2.38. The molecule has 0 aliphatic heterocycles. The minimum Gasteiger partial charge on any atom is -0.296 e. The molecule has 0 bridgehead atoms. The van der Waals surface area contributed by atoms with Gasteiger partial charge in [-0.15, -0.1) is 0 Å². The quantitative estimate of drug-likeness (QED) is 0.942. The zero-order chi connectivity index (χ0) is 13.9. The average molecular weight is 297 g/mol. The molecule has 1 atom stereocenters. The summed E-state index contributed by atoms with van der Waals surface area (Å²) < 4.78 is 48.7. The zero-order valence-electron chi connectivity index (χ0n) is 9.71. The molecule has 2 rings (SSSR count). The first-order chi connectivity index (χ1) is 8.92. The molecular weight excluding hydrogens is 286 g/mol. The van der Waals surface area contributed by atoms with Crippen molar-refractivity contribution in [2.24, 2.45) is 3.77 Å². The summed E-state index contributed by atoms with van der Waals surface area (Å²) >= 11 is 0. The van der Waals surface area contributed by atoms with Crippen LogP contribution in [0.25, 0.3) is 0 Å². The van der Waals surface area contributed by atoms with Crippen LogP contribution in [-0.4, -0.2) is 17.2 Å². The fraction of sp³-hybridized carbons (Fsp3) is 0. The van der Waals surface area contributed by atoms with E-state index in [-0.39, 0.29) is 9.79 Å². The lowest BCUT2D eigenvalue weighted by molar-refractivity contribution is 0.551. The average Bonchev–Trinajstić information content (AvgIpc) is 2.40. The van der Waals surface area contributed by atoms with Gasteiger partial charge in [0.25, 0.3) is 10.0 Å². The molecule has 0 saturated heterocycles. The largest absolute Gasteiger partial charge is 0.296 e. The van der Waals surface area contributed by atoms with Gasteiger partial charge < -0.3 is 0 Å². The van der Waals surface area contributed by atoms with Gasteiger partial charge in [0.15, 0.2) is 0 Å². The highest BCUT2D eigenvalue weighted by molar-refractivity contribution is 8.00. The standard InChI is InChI=1S/C12H11NO4S2/c14-18(15,11-7-3-1-4-8-11)13-19(16,17)12-9-5-2-6-10-12/h1-10H,(H,13,14,15). The van der Waals surface area contributed by atoms with Gasteiger partial charge in [0.2, 0.25) is 10.0 Å². The van der Waals surface area contributed by atoms with E-state index in [1.807, 2.05) is 0 Å². The first-order valence-corrected chi connectivity index (χ1v) is 8.19. The summed E-state index contributed by atoms with van der Waals surface area (Å²) in [5, 5.41) is 0. The molecule has 0 fully saturated rings. The smallest absolute Gasteiger partial charge is 0.292 e. The van der Waals surface area contributed by atoms with E-state index in [0.29, 0.717) is 0 Å². The molecule has 0 heterocycles. The molecule has 100 valence electrons. The van der Waals surface area contributed by atoms with Crippen molar-refractivity contribution in [3.8, 4) is 0 Å². The summed E-state index contributed by atoms with van der Waals surface area (Å²) in [5.41, 5.74) is 0. The maximum absolute atomic E-state index is 12.0. The highest BCUT2D eigenvalue weighted by Crippen LogP contribution is 2.17. The van der Waals surface area contributed by atoms with Crippen LogP contribution >= 0.6 is 0 Å². The van der Waals surface area contributed by atoms with Crippen molar-refractivity contribution < 1.29 is 17.2 Å². The molecule has 0 aromatic heterocycles. The minimum atomic E-state index is -4.17. The first-order valence-electron chi connectivity index (χ1n) is 5.28. The summed E-state index contributed by atoms with van der Waals surface area (Å²) in [6, 6.07) is 14.8. The molecule has 0 saturated carbocycles. The molecule has 5 nitrogen and oxygen atoms in total. The lowest BCUT2D eigenvalue weighted by Crippen LogP contribution is -2.05. The van der Waals surface area contributed by atoms with Crippen molar-refractivity contribution in [3.63, 3.8) is 0 Å². The Balaban J connectivity index is 2.56. The fourth-order valence-corrected chi connectivity index (χ4v) is 4.17. The Morgan fingerprint density at radius 1 is 0.737 bits per heavy atom. The monoisotopic (exact) mass is 297 g/mol. The number of nitrogens with zero attached hydrogens (tertiary/aromatic N) is 1. The topological polar surface area (TPSA) is 83.8 Å². The van der Waals surface area contributed by atoms with Crippen molar-refractivity contribution in [1.82, 2.24) is 0 Å². The van der Waals surface area contributed by atoms with Crippen LogP contribution in [-0.2, 0) is 20.0 Å². The Morgan fingerprint density at radius 2 is 1.16 bits per heavy atom. The van der Waals surface area contributed by atoms with Crippen molar-refractivity contribution in [1.29, 1.82) is 0 Å². The third-order valence-electron chi connectivity index (χ3n) is 2.29. The molecule has 1 unspecified atom stereocenters. The minimum absolute atomic E-state index is 0.0468. The lowest BCUT2D eigenvalue weighted by atomic mass is 10.4. The van der Waals surface area contributed by atoms with E-state index in [9.17, 15) is 17.2 Å². The molecule has 2 aromatic rings. The van der Waals surface area contributed by atoms with E-state index in [0.717, 1.165) is 0 Å². The second-order valence-electron chi connectivity index (χ2n) is 3.67. The van der Waals surface area contributed by atoms with Crippen LogP contribution in [0, 0.1) is 0 Å². The van der Waals surface area contributed by atoms with Gasteiger partial charge in [0.1, 0.15) is 0 Å². The Labute approximate surface area is 112 Å². The molecule has 0 aliphatic carbocycles. The summed E-state index contributed by atoms with van der Waals surface area (Å²) in [7, 11) is -8.15. The molecule has 1 N–H and O–H groups in total. The molecule has 2 aromatic carbocycles. The Morgan fingerprint density at radius 3 is 1.63 bits per heavy atom. The maximum atomic E-state index is 12.0. The van der Waals surface area contributed by atoms with Crippen molar-refractivity contribution in [3.05, 3.63) is 60.7 Å². The molecule has 0 aliphatic rings. The highest BCUT2D eigenvalue weighted by atomic mass is 32.3. The number of hydrogen-bond donors (Lipinski definition) is 1. The fourth-order valence-electron chi connectivity index (χ4n) is 1.41. The first kappa shape index (κ1) is 13.7. The highest BCUT2D eigenvalue weighted by Gasteiger charge is 2.18. The normalized spacial score (nSPS) is 14.6. The van der Waals surface area contributed by atoms with Gasteiger partial charge in [-0.25, -0.2) is 4.21 Å². The third kappa shape index (κ3) is 3.19. The van der Waals surface area contributed by atoms with Gasteiger partial charge in [-0.05, 0) is 24.3 Å². The van der Waals surface area contributed by atoms with Crippen LogP contribution in [0.3, 0.4) is 0 Å². The van der Waals surface area contributed by atoms with Gasteiger partial charge >= 0.3 is 0 Å². The summed E-state index contributed by atoms with van der Waals surface area (Å²) in [5.74, 6) is 0. The Hall–Kier alpha value is -1.70. The molecular formula is C12H11NO4S2. The molecule has 0 amide bonds. The zero-order valence-corrected chi connectivity index (χ0v) is 11.3. The Bertz CT molecular complexity index is 777.